The fourth-order valence-corrected chi connectivity index (χ4v) is 8.21. The molecular formula is C18H33I3N2. The van der Waals surface area contributed by atoms with E-state index in [1.54, 1.807) is 0 Å². The summed E-state index contributed by atoms with van der Waals surface area (Å²) >= 11 is 8.17. The summed E-state index contributed by atoms with van der Waals surface area (Å²) in [6.45, 7) is 18.4. The third-order valence-electron chi connectivity index (χ3n) is 6.00. The van der Waals surface area contributed by atoms with Crippen LogP contribution in [-0.4, -0.2) is 48.9 Å². The summed E-state index contributed by atoms with van der Waals surface area (Å²) in [5.41, 5.74) is 0.792. The van der Waals surface area contributed by atoms with Crippen LogP contribution in [0.3, 0.4) is 0 Å². The van der Waals surface area contributed by atoms with Crippen LogP contribution in [0.4, 0.5) is 0 Å². The van der Waals surface area contributed by atoms with E-state index < -0.39 is 0 Å². The first-order valence-corrected chi connectivity index (χ1v) is 12.4. The molecule has 2 nitrogen and oxygen atoms in total. The largest absolute Gasteiger partial charge is 0.316 e. The normalized spacial score (nSPS) is 37.8. The van der Waals surface area contributed by atoms with Crippen molar-refractivity contribution in [1.29, 1.82) is 0 Å². The van der Waals surface area contributed by atoms with Crippen molar-refractivity contribution < 1.29 is 0 Å². The first-order chi connectivity index (χ1) is 10.5. The van der Waals surface area contributed by atoms with Gasteiger partial charge in [-0.1, -0.05) is 102 Å². The van der Waals surface area contributed by atoms with Gasteiger partial charge < -0.3 is 10.2 Å². The predicted molar refractivity (Wildman–Crippen MR) is 128 cm³/mol. The van der Waals surface area contributed by atoms with Gasteiger partial charge in [0.15, 0.2) is 0 Å². The number of alkyl halides is 3. The fourth-order valence-electron chi connectivity index (χ4n) is 4.32. The van der Waals surface area contributed by atoms with Crippen LogP contribution in [0.25, 0.3) is 0 Å². The molecule has 0 aromatic rings. The molecule has 5 heteroatoms. The molecule has 0 bridgehead atoms. The van der Waals surface area contributed by atoms with E-state index in [-0.39, 0.29) is 0 Å². The summed E-state index contributed by atoms with van der Waals surface area (Å²) in [4.78, 5) is 2.76. The maximum Gasteiger partial charge on any atom is 0.0412 e. The minimum absolute atomic E-state index is 0.378. The molecule has 0 amide bonds. The maximum atomic E-state index is 3.55. The van der Waals surface area contributed by atoms with E-state index in [1.807, 2.05) is 0 Å². The molecule has 2 rings (SSSR count). The lowest BCUT2D eigenvalue weighted by molar-refractivity contribution is 0.0771. The topological polar surface area (TPSA) is 15.3 Å². The van der Waals surface area contributed by atoms with Crippen LogP contribution in [0.5, 0.6) is 0 Å². The highest BCUT2D eigenvalue weighted by Gasteiger charge is 2.48. The van der Waals surface area contributed by atoms with Crippen molar-refractivity contribution in [2.75, 3.05) is 32.7 Å². The molecule has 0 aromatic carbocycles. The maximum absolute atomic E-state index is 3.55. The van der Waals surface area contributed by atoms with Crippen LogP contribution in [0.2, 0.25) is 0 Å². The Balaban J connectivity index is 1.99. The van der Waals surface area contributed by atoms with Crippen molar-refractivity contribution in [3.05, 3.63) is 0 Å². The Labute approximate surface area is 184 Å². The van der Waals surface area contributed by atoms with Gasteiger partial charge in [-0.05, 0) is 42.7 Å². The molecule has 23 heavy (non-hydrogen) atoms. The smallest absolute Gasteiger partial charge is 0.0412 e. The number of nitrogens with one attached hydrogen (secondary N) is 1. The number of rotatable bonds is 3. The standard InChI is InChI=1S/C18H33I3N2/c1-16(2,3)18(21)7-9-23(11-15(18)20)12-17(4,5)13-6-8-22-10-14(13)19/h13-15,22H,6-12H2,1-5H3. The molecule has 2 aliphatic heterocycles. The summed E-state index contributed by atoms with van der Waals surface area (Å²) in [5, 5.41) is 3.55. The number of hydrogen-bond donors (Lipinski definition) is 1. The highest BCUT2D eigenvalue weighted by Crippen LogP contribution is 2.50. The highest BCUT2D eigenvalue weighted by molar-refractivity contribution is 14.1. The molecule has 4 atom stereocenters. The molecular weight excluding hydrogens is 625 g/mol. The quantitative estimate of drug-likeness (QED) is 0.334. The Bertz CT molecular complexity index is 408. The zero-order valence-corrected chi connectivity index (χ0v) is 21.7. The number of nitrogens with zero attached hydrogens (tertiary/aromatic N) is 1. The van der Waals surface area contributed by atoms with Crippen molar-refractivity contribution in [2.45, 2.75) is 58.7 Å². The number of piperidine rings is 2. The van der Waals surface area contributed by atoms with Crippen molar-refractivity contribution >= 4 is 67.8 Å². The summed E-state index contributed by atoms with van der Waals surface area (Å²) in [6.07, 6.45) is 2.65. The Morgan fingerprint density at radius 2 is 1.83 bits per heavy atom. The number of likely N-dealkylation sites (tertiary alicyclic amines) is 1. The molecule has 0 spiro atoms. The molecule has 136 valence electrons. The van der Waals surface area contributed by atoms with Crippen LogP contribution in [0, 0.1) is 16.7 Å². The van der Waals surface area contributed by atoms with Gasteiger partial charge >= 0.3 is 0 Å². The van der Waals surface area contributed by atoms with Crippen LogP contribution < -0.4 is 5.32 Å². The van der Waals surface area contributed by atoms with E-state index >= 15 is 0 Å². The third-order valence-corrected chi connectivity index (χ3v) is 12.9. The van der Waals surface area contributed by atoms with Gasteiger partial charge in [-0.25, -0.2) is 0 Å². The minimum atomic E-state index is 0.378. The summed E-state index contributed by atoms with van der Waals surface area (Å²) in [6, 6.07) is 0. The van der Waals surface area contributed by atoms with E-state index in [0.717, 1.165) is 13.8 Å². The molecule has 2 saturated heterocycles. The van der Waals surface area contributed by atoms with Crippen molar-refractivity contribution in [2.24, 2.45) is 16.7 Å². The Morgan fingerprint density at radius 3 is 2.35 bits per heavy atom. The highest BCUT2D eigenvalue weighted by atomic mass is 127. The Hall–Kier alpha value is 2.11. The summed E-state index contributed by atoms with van der Waals surface area (Å²) < 4.78 is 1.93. The molecule has 0 aromatic heterocycles. The van der Waals surface area contributed by atoms with Gasteiger partial charge in [0.1, 0.15) is 0 Å². The third kappa shape index (κ3) is 4.89. The van der Waals surface area contributed by atoms with Gasteiger partial charge in [0, 0.05) is 30.9 Å². The molecule has 2 fully saturated rings. The minimum Gasteiger partial charge on any atom is -0.316 e. The zero-order chi connectivity index (χ0) is 17.5. The van der Waals surface area contributed by atoms with Crippen molar-refractivity contribution in [3.8, 4) is 0 Å². The van der Waals surface area contributed by atoms with Gasteiger partial charge in [0.05, 0.1) is 0 Å². The molecule has 4 unspecified atom stereocenters. The lowest BCUT2D eigenvalue weighted by atomic mass is 9.72. The number of halogens is 3. The van der Waals surface area contributed by atoms with E-state index in [4.69, 9.17) is 0 Å². The van der Waals surface area contributed by atoms with Crippen molar-refractivity contribution in [1.82, 2.24) is 10.2 Å². The zero-order valence-electron chi connectivity index (χ0n) is 15.3. The van der Waals surface area contributed by atoms with Gasteiger partial charge in [-0.3, -0.25) is 0 Å². The lowest BCUT2D eigenvalue weighted by Gasteiger charge is -2.51. The second-order valence-corrected chi connectivity index (χ2v) is 14.2. The molecule has 0 radical (unpaired) electrons. The molecule has 0 aliphatic carbocycles. The first kappa shape index (κ1) is 21.4. The second kappa shape index (κ2) is 8.00. The van der Waals surface area contributed by atoms with Gasteiger partial charge in [0.2, 0.25) is 0 Å². The lowest BCUT2D eigenvalue weighted by Crippen LogP contribution is -2.57. The van der Waals surface area contributed by atoms with E-state index in [1.165, 1.54) is 45.6 Å². The van der Waals surface area contributed by atoms with Crippen LogP contribution in [-0.2, 0) is 0 Å². The van der Waals surface area contributed by atoms with Crippen LogP contribution in [0.1, 0.15) is 47.5 Å². The van der Waals surface area contributed by atoms with Gasteiger partial charge in [0.25, 0.3) is 0 Å². The molecule has 0 saturated carbocycles. The second-order valence-electron chi connectivity index (χ2n) is 9.17. The van der Waals surface area contributed by atoms with Gasteiger partial charge in [-0.2, -0.15) is 0 Å². The average Bonchev–Trinajstić information content (AvgIpc) is 2.41. The molecule has 2 aliphatic rings. The van der Waals surface area contributed by atoms with E-state index in [0.29, 0.717) is 14.3 Å². The van der Waals surface area contributed by atoms with Crippen LogP contribution in [0.15, 0.2) is 0 Å². The first-order valence-electron chi connectivity index (χ1n) is 8.87. The van der Waals surface area contributed by atoms with Gasteiger partial charge in [-0.15, -0.1) is 0 Å². The Morgan fingerprint density at radius 1 is 1.17 bits per heavy atom. The summed E-state index contributed by atoms with van der Waals surface area (Å²) in [5.74, 6) is 0.839. The average molecular weight is 658 g/mol. The number of hydrogen-bond acceptors (Lipinski definition) is 2. The van der Waals surface area contributed by atoms with Crippen LogP contribution >= 0.6 is 67.8 Å². The summed E-state index contributed by atoms with van der Waals surface area (Å²) in [7, 11) is 0. The molecule has 2 heterocycles. The SMILES string of the molecule is CC(C)(CN1CCC(I)(C(C)(C)C)C(I)C1)C1CCNCC1I. The fraction of sp³-hybridized carbons (Fsp3) is 1.00. The Kier molecular flexibility index (Phi) is 7.45. The monoisotopic (exact) mass is 658 g/mol. The van der Waals surface area contributed by atoms with E-state index in [2.05, 4.69) is 113 Å². The molecule has 1 N–H and O–H groups in total. The predicted octanol–water partition coefficient (Wildman–Crippen LogP) is 5.15. The van der Waals surface area contributed by atoms with Crippen molar-refractivity contribution in [3.63, 3.8) is 0 Å². The van der Waals surface area contributed by atoms with E-state index in [9.17, 15) is 0 Å².